The number of nitrogens with one attached hydrogen (secondary N) is 1. The number of oxazole rings is 1. The van der Waals surface area contributed by atoms with Crippen molar-refractivity contribution in [2.24, 2.45) is 0 Å². The number of aryl methyl sites for hydroxylation is 1. The smallest absolute Gasteiger partial charge is 0.394 e. The van der Waals surface area contributed by atoms with Gasteiger partial charge in [0.05, 0.1) is 16.3 Å². The maximum Gasteiger partial charge on any atom is 0.394 e. The molecule has 0 unspecified atom stereocenters. The summed E-state index contributed by atoms with van der Waals surface area (Å²) in [6, 6.07) is 24.9. The average Bonchev–Trinajstić information content (AvgIpc) is 3.43. The molecule has 0 aliphatic carbocycles. The van der Waals surface area contributed by atoms with Crippen molar-refractivity contribution in [1.29, 1.82) is 0 Å². The summed E-state index contributed by atoms with van der Waals surface area (Å²) in [5.74, 6) is -1.54. The number of hydrogen-bond donors (Lipinski definition) is 2. The summed E-state index contributed by atoms with van der Waals surface area (Å²) in [5, 5.41) is 12.3. The molecular formula is C32H27ClN2O8S. The second-order valence-corrected chi connectivity index (χ2v) is 12.3. The molecule has 10 nitrogen and oxygen atoms in total. The van der Waals surface area contributed by atoms with Crippen molar-refractivity contribution in [3.05, 3.63) is 113 Å². The number of rotatable bonds is 13. The van der Waals surface area contributed by atoms with Crippen LogP contribution in [0, 0.1) is 0 Å². The Morgan fingerprint density at radius 2 is 1.64 bits per heavy atom. The minimum Gasteiger partial charge on any atom is -0.480 e. The van der Waals surface area contributed by atoms with Gasteiger partial charge >= 0.3 is 12.0 Å². The van der Waals surface area contributed by atoms with E-state index in [1.165, 1.54) is 24.3 Å². The summed E-state index contributed by atoms with van der Waals surface area (Å²) in [5.41, 5.74) is 3.43. The van der Waals surface area contributed by atoms with E-state index in [0.717, 1.165) is 11.1 Å². The van der Waals surface area contributed by atoms with Crippen LogP contribution in [0.3, 0.4) is 0 Å². The third-order valence-corrected chi connectivity index (χ3v) is 8.62. The van der Waals surface area contributed by atoms with Crippen LogP contribution in [0.2, 0.25) is 5.02 Å². The largest absolute Gasteiger partial charge is 0.480 e. The molecule has 12 heteroatoms. The molecule has 0 saturated heterocycles. The van der Waals surface area contributed by atoms with Crippen LogP contribution in [0.1, 0.15) is 27.9 Å². The number of anilines is 1. The summed E-state index contributed by atoms with van der Waals surface area (Å²) in [4.78, 5) is 28.7. The first kappa shape index (κ1) is 30.6. The van der Waals surface area contributed by atoms with Crippen molar-refractivity contribution >= 4 is 50.1 Å². The van der Waals surface area contributed by atoms with Gasteiger partial charge in [-0.15, -0.1) is 0 Å². The van der Waals surface area contributed by atoms with E-state index in [2.05, 4.69) is 10.3 Å². The lowest BCUT2D eigenvalue weighted by Crippen LogP contribution is -2.15. The first-order valence-corrected chi connectivity index (χ1v) is 15.5. The minimum absolute atomic E-state index is 0.0872. The second kappa shape index (κ2) is 13.6. The number of sulfone groups is 1. The normalized spacial score (nSPS) is 11.3. The Labute approximate surface area is 258 Å². The number of carbonyl (C=O) groups is 2. The van der Waals surface area contributed by atoms with Gasteiger partial charge in [0.2, 0.25) is 0 Å². The van der Waals surface area contributed by atoms with Gasteiger partial charge in [0, 0.05) is 10.6 Å². The lowest BCUT2D eigenvalue weighted by Gasteiger charge is -2.14. The standard InChI is InChI=1S/C32H27ClN2O8S/c33-24-12-14-25(15-13-24)44(39,40)17-3-4-21-9-16-28(41-20-30(36)37)27(18-21)34-31(38)23-10-7-22(8-11-23)19-42-32-35-26-5-1-2-6-29(26)43-32/h1-2,5-16,18H,3-4,17,19-20H2,(H,34,38)(H,36,37). The number of ether oxygens (including phenoxy) is 2. The van der Waals surface area contributed by atoms with E-state index in [1.54, 1.807) is 48.5 Å². The van der Waals surface area contributed by atoms with Crippen LogP contribution in [-0.2, 0) is 27.7 Å². The van der Waals surface area contributed by atoms with E-state index in [1.807, 2.05) is 18.2 Å². The Bertz CT molecular complexity index is 1860. The first-order chi connectivity index (χ1) is 21.2. The van der Waals surface area contributed by atoms with Crippen LogP contribution in [0.25, 0.3) is 11.1 Å². The van der Waals surface area contributed by atoms with Gasteiger partial charge in [-0.05, 0) is 84.6 Å². The number of amides is 1. The first-order valence-electron chi connectivity index (χ1n) is 13.5. The van der Waals surface area contributed by atoms with Crippen molar-refractivity contribution in [2.45, 2.75) is 24.3 Å². The van der Waals surface area contributed by atoms with Crippen molar-refractivity contribution in [2.75, 3.05) is 17.7 Å². The molecule has 226 valence electrons. The van der Waals surface area contributed by atoms with E-state index in [4.69, 9.17) is 30.6 Å². The summed E-state index contributed by atoms with van der Waals surface area (Å²) >= 11 is 5.86. The summed E-state index contributed by atoms with van der Waals surface area (Å²) in [7, 11) is -3.50. The number of nitrogens with zero attached hydrogens (tertiary/aromatic N) is 1. The van der Waals surface area contributed by atoms with Crippen LogP contribution in [-0.4, -0.2) is 42.7 Å². The fourth-order valence-electron chi connectivity index (χ4n) is 4.33. The van der Waals surface area contributed by atoms with Gasteiger partial charge in [0.25, 0.3) is 5.91 Å². The Balaban J connectivity index is 1.23. The van der Waals surface area contributed by atoms with Crippen molar-refractivity contribution < 1.29 is 37.0 Å². The number of carboxylic acids is 1. The molecule has 5 aromatic rings. The third-order valence-electron chi connectivity index (χ3n) is 6.55. The molecule has 0 aliphatic rings. The molecule has 1 amide bonds. The Morgan fingerprint density at radius 1 is 0.909 bits per heavy atom. The van der Waals surface area contributed by atoms with E-state index in [9.17, 15) is 18.0 Å². The predicted octanol–water partition coefficient (Wildman–Crippen LogP) is 6.18. The van der Waals surface area contributed by atoms with Crippen LogP contribution in [0.5, 0.6) is 11.8 Å². The van der Waals surface area contributed by atoms with Gasteiger partial charge in [-0.25, -0.2) is 13.2 Å². The number of aromatic nitrogens is 1. The molecule has 0 aliphatic heterocycles. The highest BCUT2D eigenvalue weighted by Crippen LogP contribution is 2.28. The second-order valence-electron chi connectivity index (χ2n) is 9.78. The lowest BCUT2D eigenvalue weighted by atomic mass is 10.1. The monoisotopic (exact) mass is 634 g/mol. The maximum atomic E-state index is 13.1. The molecule has 0 saturated carbocycles. The van der Waals surface area contributed by atoms with Crippen LogP contribution < -0.4 is 14.8 Å². The van der Waals surface area contributed by atoms with Gasteiger partial charge in [-0.3, -0.25) is 4.79 Å². The molecule has 1 aromatic heterocycles. The molecule has 44 heavy (non-hydrogen) atoms. The number of hydrogen-bond acceptors (Lipinski definition) is 8. The minimum atomic E-state index is -3.50. The molecule has 0 bridgehead atoms. The number of halogens is 1. The fraction of sp³-hybridized carbons (Fsp3) is 0.156. The maximum absolute atomic E-state index is 13.1. The van der Waals surface area contributed by atoms with Gasteiger partial charge in [-0.2, -0.15) is 4.98 Å². The van der Waals surface area contributed by atoms with Crippen LogP contribution in [0.4, 0.5) is 5.69 Å². The topological polar surface area (TPSA) is 145 Å². The van der Waals surface area contributed by atoms with Gasteiger partial charge in [0.1, 0.15) is 17.9 Å². The Morgan fingerprint density at radius 3 is 2.36 bits per heavy atom. The zero-order valence-corrected chi connectivity index (χ0v) is 24.8. The Kier molecular flexibility index (Phi) is 9.47. The number of aliphatic carboxylic acids is 1. The van der Waals surface area contributed by atoms with Gasteiger partial charge in [-0.1, -0.05) is 41.9 Å². The van der Waals surface area contributed by atoms with E-state index >= 15 is 0 Å². The molecule has 5 rings (SSSR count). The van der Waals surface area contributed by atoms with Crippen molar-refractivity contribution in [3.63, 3.8) is 0 Å². The number of fused-ring (bicyclic) bond motifs is 1. The van der Waals surface area contributed by atoms with E-state index in [0.29, 0.717) is 34.5 Å². The quantitative estimate of drug-likeness (QED) is 0.155. The highest BCUT2D eigenvalue weighted by Gasteiger charge is 2.16. The molecule has 0 fully saturated rings. The molecule has 4 aromatic carbocycles. The van der Waals surface area contributed by atoms with Gasteiger partial charge in [0.15, 0.2) is 22.0 Å². The zero-order valence-electron chi connectivity index (χ0n) is 23.2. The van der Waals surface area contributed by atoms with Crippen LogP contribution >= 0.6 is 11.6 Å². The number of para-hydroxylation sites is 2. The average molecular weight is 635 g/mol. The number of carboxylic acid groups (broad SMARTS) is 1. The molecular weight excluding hydrogens is 608 g/mol. The SMILES string of the molecule is O=C(O)COc1ccc(CCCS(=O)(=O)c2ccc(Cl)cc2)cc1NC(=O)c1ccc(COc2nc3ccccc3o2)cc1. The molecule has 2 N–H and O–H groups in total. The lowest BCUT2D eigenvalue weighted by molar-refractivity contribution is -0.139. The summed E-state index contributed by atoms with van der Waals surface area (Å²) < 4.78 is 42.0. The number of benzene rings is 4. The summed E-state index contributed by atoms with van der Waals surface area (Å²) in [6.07, 6.45) is 0.856. The highest BCUT2D eigenvalue weighted by molar-refractivity contribution is 7.91. The highest BCUT2D eigenvalue weighted by atomic mass is 35.5. The van der Waals surface area contributed by atoms with Crippen molar-refractivity contribution in [1.82, 2.24) is 4.98 Å². The fourth-order valence-corrected chi connectivity index (χ4v) is 5.76. The van der Waals surface area contributed by atoms with E-state index in [-0.39, 0.29) is 34.8 Å². The molecule has 0 atom stereocenters. The molecule has 1 heterocycles. The predicted molar refractivity (Wildman–Crippen MR) is 164 cm³/mol. The van der Waals surface area contributed by atoms with E-state index < -0.39 is 28.3 Å². The zero-order chi connectivity index (χ0) is 31.1. The molecule has 0 spiro atoms. The van der Waals surface area contributed by atoms with Gasteiger partial charge < -0.3 is 24.3 Å². The molecule has 0 radical (unpaired) electrons. The summed E-state index contributed by atoms with van der Waals surface area (Å²) in [6.45, 7) is -0.423. The van der Waals surface area contributed by atoms with Crippen LogP contribution in [0.15, 0.2) is 100 Å². The van der Waals surface area contributed by atoms with Crippen molar-refractivity contribution in [3.8, 4) is 11.8 Å². The third kappa shape index (κ3) is 7.94. The Hall–Kier alpha value is -4.87. The number of carbonyl (C=O) groups excluding carboxylic acids is 1.